The summed E-state index contributed by atoms with van der Waals surface area (Å²) in [7, 11) is 0. The van der Waals surface area contributed by atoms with Crippen molar-refractivity contribution in [2.75, 3.05) is 39.5 Å². The third-order valence-electron chi connectivity index (χ3n) is 5.84. The normalized spacial score (nSPS) is 20.7. The molecule has 3 aliphatic rings. The second-order valence-corrected chi connectivity index (χ2v) is 8.61. The van der Waals surface area contributed by atoms with Crippen molar-refractivity contribution >= 4 is 35.1 Å². The van der Waals surface area contributed by atoms with Gasteiger partial charge in [0, 0.05) is 48.6 Å². The minimum Gasteiger partial charge on any atom is -0.463 e. The maximum Gasteiger partial charge on any atom is 0.329 e. The van der Waals surface area contributed by atoms with Gasteiger partial charge in [-0.1, -0.05) is 29.8 Å². The van der Waals surface area contributed by atoms with Crippen LogP contribution in [0.2, 0.25) is 5.02 Å². The predicted octanol–water partition coefficient (Wildman–Crippen LogP) is 2.35. The number of ether oxygens (including phenoxy) is 2. The summed E-state index contributed by atoms with van der Waals surface area (Å²) in [5.41, 5.74) is 1.68. The number of morpholine rings is 1. The number of carbonyl (C=O) groups is 3. The molecule has 4 rings (SSSR count). The van der Waals surface area contributed by atoms with Gasteiger partial charge in [0.2, 0.25) is 0 Å². The van der Waals surface area contributed by atoms with Gasteiger partial charge in [-0.05, 0) is 35.9 Å². The Kier molecular flexibility index (Phi) is 8.05. The molecule has 34 heavy (non-hydrogen) atoms. The van der Waals surface area contributed by atoms with Crippen LogP contribution in [0.3, 0.4) is 0 Å². The van der Waals surface area contributed by atoms with Gasteiger partial charge >= 0.3 is 5.97 Å². The van der Waals surface area contributed by atoms with E-state index in [0.717, 1.165) is 13.1 Å². The van der Waals surface area contributed by atoms with Gasteiger partial charge in [0.05, 0.1) is 18.9 Å². The quantitative estimate of drug-likeness (QED) is 0.570. The van der Waals surface area contributed by atoms with Crippen LogP contribution in [0.1, 0.15) is 16.8 Å². The first kappa shape index (κ1) is 24.1. The number of rotatable bonds is 8. The number of benzene rings is 1. The average Bonchev–Trinajstić information content (AvgIpc) is 2.84. The number of aliphatic imine (C=N–C) groups is 1. The molecule has 8 nitrogen and oxygen atoms in total. The van der Waals surface area contributed by atoms with Crippen molar-refractivity contribution in [3.63, 3.8) is 0 Å². The summed E-state index contributed by atoms with van der Waals surface area (Å²) in [5.74, 6) is -1.59. The highest BCUT2D eigenvalue weighted by atomic mass is 35.5. The molecule has 0 bridgehead atoms. The number of halogens is 1. The van der Waals surface area contributed by atoms with Gasteiger partial charge in [-0.25, -0.2) is 9.79 Å². The number of hydrogen-bond donors (Lipinski definition) is 1. The van der Waals surface area contributed by atoms with Gasteiger partial charge in [0.15, 0.2) is 0 Å². The number of fused-ring (bicyclic) bond motifs is 1. The number of esters is 1. The lowest BCUT2D eigenvalue weighted by Gasteiger charge is -2.27. The van der Waals surface area contributed by atoms with E-state index in [2.05, 4.69) is 15.2 Å². The third kappa shape index (κ3) is 6.28. The molecule has 0 spiro atoms. The maximum absolute atomic E-state index is 13.0. The van der Waals surface area contributed by atoms with Gasteiger partial charge < -0.3 is 14.8 Å². The number of carbonyl (C=O) groups excluding carboxylic acids is 3. The van der Waals surface area contributed by atoms with E-state index in [1.807, 2.05) is 18.2 Å². The number of nitrogens with zero attached hydrogens (tertiary/aromatic N) is 2. The van der Waals surface area contributed by atoms with Crippen LogP contribution in [0.4, 0.5) is 0 Å². The third-order valence-corrected chi connectivity index (χ3v) is 6.09. The van der Waals surface area contributed by atoms with E-state index in [1.54, 1.807) is 30.3 Å². The van der Waals surface area contributed by atoms with Gasteiger partial charge in [-0.3, -0.25) is 14.5 Å². The lowest BCUT2D eigenvalue weighted by Crippen LogP contribution is -2.44. The zero-order valence-corrected chi connectivity index (χ0v) is 19.4. The van der Waals surface area contributed by atoms with Crippen molar-refractivity contribution in [3.05, 3.63) is 70.8 Å². The van der Waals surface area contributed by atoms with Crippen LogP contribution >= 0.6 is 11.6 Å². The zero-order chi connectivity index (χ0) is 23.9. The van der Waals surface area contributed by atoms with Crippen molar-refractivity contribution in [2.45, 2.75) is 12.5 Å². The van der Waals surface area contributed by atoms with Gasteiger partial charge in [-0.2, -0.15) is 0 Å². The molecule has 9 heteroatoms. The molecule has 178 valence electrons. The van der Waals surface area contributed by atoms with Gasteiger partial charge in [0.25, 0.3) is 11.8 Å². The van der Waals surface area contributed by atoms with Crippen LogP contribution in [0, 0.1) is 5.92 Å². The molecular formula is C25H26ClN3O5. The second-order valence-electron chi connectivity index (χ2n) is 8.17. The molecule has 0 radical (unpaired) electrons. The van der Waals surface area contributed by atoms with E-state index in [-0.39, 0.29) is 24.9 Å². The summed E-state index contributed by atoms with van der Waals surface area (Å²) in [6.45, 7) is 3.66. The Balaban J connectivity index is 1.46. The highest BCUT2D eigenvalue weighted by Gasteiger charge is 2.30. The Morgan fingerprint density at radius 2 is 1.97 bits per heavy atom. The fraction of sp³-hybridized carbons (Fsp3) is 0.360. The molecular weight excluding hydrogens is 458 g/mol. The molecule has 0 aromatic heterocycles. The number of nitrogens with one attached hydrogen (secondary N) is 1. The summed E-state index contributed by atoms with van der Waals surface area (Å²) < 4.78 is 10.9. The number of allylic oxidation sites excluding steroid dienone is 4. The maximum atomic E-state index is 13.0. The summed E-state index contributed by atoms with van der Waals surface area (Å²) in [6, 6.07) is 5.42. The Morgan fingerprint density at radius 1 is 1.21 bits per heavy atom. The molecule has 1 fully saturated rings. The highest BCUT2D eigenvalue weighted by Crippen LogP contribution is 2.27. The zero-order valence-electron chi connectivity index (χ0n) is 18.6. The Hall–Kier alpha value is -3.07. The van der Waals surface area contributed by atoms with Crippen molar-refractivity contribution in [1.29, 1.82) is 0 Å². The fourth-order valence-corrected chi connectivity index (χ4v) is 4.14. The first-order valence-electron chi connectivity index (χ1n) is 11.2. The average molecular weight is 484 g/mol. The SMILES string of the molecule is O=C1C=C(CC(NC(=O)c2ccc(Cl)cc2)C(=O)OCCN2CCOCC2)C2C=CC=CC2=N1. The summed E-state index contributed by atoms with van der Waals surface area (Å²) in [6.07, 6.45) is 8.93. The summed E-state index contributed by atoms with van der Waals surface area (Å²) >= 11 is 5.92. The van der Waals surface area contributed by atoms with Crippen molar-refractivity contribution in [1.82, 2.24) is 10.2 Å². The van der Waals surface area contributed by atoms with Crippen LogP contribution in [-0.2, 0) is 19.1 Å². The molecule has 1 saturated heterocycles. The second kappa shape index (κ2) is 11.4. The number of hydrogen-bond acceptors (Lipinski definition) is 6. The highest BCUT2D eigenvalue weighted by molar-refractivity contribution is 6.30. The Morgan fingerprint density at radius 3 is 2.74 bits per heavy atom. The van der Waals surface area contributed by atoms with Crippen LogP contribution in [0.5, 0.6) is 0 Å². The first-order valence-corrected chi connectivity index (χ1v) is 11.6. The largest absolute Gasteiger partial charge is 0.463 e. The standard InChI is InChI=1S/C25H26ClN3O5/c26-19-7-5-17(6-8-19)24(31)28-22(25(32)34-14-11-29-9-12-33-13-10-29)15-18-16-23(30)27-21-4-2-1-3-20(18)21/h1-8,16,20,22H,9-15H2,(H,28,31). The van der Waals surface area contributed by atoms with Crippen LogP contribution in [0.15, 0.2) is 65.2 Å². The lowest BCUT2D eigenvalue weighted by molar-refractivity contribution is -0.146. The van der Waals surface area contributed by atoms with E-state index in [4.69, 9.17) is 21.1 Å². The van der Waals surface area contributed by atoms with Crippen molar-refractivity contribution < 1.29 is 23.9 Å². The van der Waals surface area contributed by atoms with Gasteiger partial charge in [0.1, 0.15) is 12.6 Å². The molecule has 0 saturated carbocycles. The van der Waals surface area contributed by atoms with E-state index >= 15 is 0 Å². The van der Waals surface area contributed by atoms with Gasteiger partial charge in [-0.15, -0.1) is 0 Å². The molecule has 1 aromatic carbocycles. The van der Waals surface area contributed by atoms with Crippen molar-refractivity contribution in [2.24, 2.45) is 10.9 Å². The van der Waals surface area contributed by atoms with Crippen LogP contribution in [0.25, 0.3) is 0 Å². The Bertz CT molecular complexity index is 1050. The molecule has 2 heterocycles. The van der Waals surface area contributed by atoms with E-state index < -0.39 is 17.9 Å². The van der Waals surface area contributed by atoms with Crippen LogP contribution in [-0.4, -0.2) is 73.9 Å². The Labute approximate surface area is 202 Å². The first-order chi connectivity index (χ1) is 16.5. The minimum absolute atomic E-state index is 0.128. The molecule has 2 atom stereocenters. The molecule has 2 unspecified atom stereocenters. The fourth-order valence-electron chi connectivity index (χ4n) is 4.02. The lowest BCUT2D eigenvalue weighted by atomic mass is 9.84. The number of dihydropyridines is 1. The van der Waals surface area contributed by atoms with Crippen molar-refractivity contribution in [3.8, 4) is 0 Å². The van der Waals surface area contributed by atoms with Crippen LogP contribution < -0.4 is 5.32 Å². The molecule has 1 aliphatic carbocycles. The van der Waals surface area contributed by atoms with E-state index in [0.29, 0.717) is 41.6 Å². The topological polar surface area (TPSA) is 97.3 Å². The molecule has 2 amide bonds. The smallest absolute Gasteiger partial charge is 0.329 e. The molecule has 1 N–H and O–H groups in total. The summed E-state index contributed by atoms with van der Waals surface area (Å²) in [4.78, 5) is 44.3. The summed E-state index contributed by atoms with van der Waals surface area (Å²) in [5, 5.41) is 3.28. The minimum atomic E-state index is -0.967. The van der Waals surface area contributed by atoms with E-state index in [9.17, 15) is 14.4 Å². The molecule has 2 aliphatic heterocycles. The molecule has 1 aromatic rings. The number of amides is 2. The van der Waals surface area contributed by atoms with E-state index in [1.165, 1.54) is 6.08 Å². The monoisotopic (exact) mass is 483 g/mol. The predicted molar refractivity (Wildman–Crippen MR) is 128 cm³/mol.